The summed E-state index contributed by atoms with van der Waals surface area (Å²) in [5.41, 5.74) is 11.0. The first-order valence-corrected chi connectivity index (χ1v) is 10.3. The molecule has 3 rings (SSSR count). The van der Waals surface area contributed by atoms with Crippen LogP contribution in [0.15, 0.2) is 17.7 Å². The molecule has 0 saturated heterocycles. The first-order valence-electron chi connectivity index (χ1n) is 9.90. The van der Waals surface area contributed by atoms with Crippen molar-refractivity contribution >= 4 is 34.6 Å². The van der Waals surface area contributed by atoms with Gasteiger partial charge in [0.15, 0.2) is 11.5 Å². The van der Waals surface area contributed by atoms with E-state index in [4.69, 9.17) is 26.8 Å². The van der Waals surface area contributed by atoms with E-state index in [1.54, 1.807) is 6.07 Å². The maximum atomic E-state index is 9.72. The van der Waals surface area contributed by atoms with Gasteiger partial charge in [-0.3, -0.25) is 0 Å². The van der Waals surface area contributed by atoms with Crippen LogP contribution >= 0.6 is 11.6 Å². The van der Waals surface area contributed by atoms with Gasteiger partial charge in [-0.25, -0.2) is 4.98 Å². The molecule has 158 valence electrons. The molecule has 0 amide bonds. The number of pyridine rings is 1. The topological polar surface area (TPSA) is 105 Å². The molecule has 2 N–H and O–H groups in total. The molecule has 0 atom stereocenters. The summed E-state index contributed by atoms with van der Waals surface area (Å²) < 4.78 is 11.6. The minimum atomic E-state index is -0.0606. The van der Waals surface area contributed by atoms with Crippen molar-refractivity contribution in [1.82, 2.24) is 4.98 Å². The zero-order valence-electron chi connectivity index (χ0n) is 18.1. The Bertz CT molecular complexity index is 1210. The highest BCUT2D eigenvalue weighted by molar-refractivity contribution is 6.32. The van der Waals surface area contributed by atoms with E-state index in [0.29, 0.717) is 45.5 Å². The van der Waals surface area contributed by atoms with Crippen LogP contribution in [0, 0.1) is 29.6 Å². The molecule has 0 unspecified atom stereocenters. The van der Waals surface area contributed by atoms with Crippen molar-refractivity contribution < 1.29 is 9.47 Å². The second-order valence-corrected chi connectivity index (χ2v) is 7.84. The quantitative estimate of drug-likeness (QED) is 0.662. The van der Waals surface area contributed by atoms with Gasteiger partial charge in [0.05, 0.1) is 34.6 Å². The van der Waals surface area contributed by atoms with Crippen molar-refractivity contribution in [2.75, 3.05) is 12.3 Å². The molecule has 0 bridgehead atoms. The van der Waals surface area contributed by atoms with Crippen LogP contribution in [0.2, 0.25) is 5.02 Å². The SMILES string of the molecule is CCOc1cc(/C=C2/C(C)=C(C#N)c3nc(N)c(C#N)c(C)c32)cc(Cl)c1OC(C)C. The molecule has 1 aromatic carbocycles. The van der Waals surface area contributed by atoms with E-state index < -0.39 is 0 Å². The number of ether oxygens (including phenoxy) is 2. The minimum absolute atomic E-state index is 0.0606. The summed E-state index contributed by atoms with van der Waals surface area (Å²) in [7, 11) is 0. The van der Waals surface area contributed by atoms with E-state index >= 15 is 0 Å². The summed E-state index contributed by atoms with van der Waals surface area (Å²) in [6.07, 6.45) is 1.85. The van der Waals surface area contributed by atoms with Crippen LogP contribution in [0.25, 0.3) is 17.2 Å². The van der Waals surface area contributed by atoms with Crippen LogP contribution in [0.4, 0.5) is 5.82 Å². The molecule has 0 saturated carbocycles. The summed E-state index contributed by atoms with van der Waals surface area (Å²) in [6, 6.07) is 7.97. The van der Waals surface area contributed by atoms with E-state index in [-0.39, 0.29) is 11.9 Å². The predicted octanol–water partition coefficient (Wildman–Crippen LogP) is 5.53. The molecule has 0 radical (unpaired) electrons. The second kappa shape index (κ2) is 8.71. The number of hydrogen-bond donors (Lipinski definition) is 1. The van der Waals surface area contributed by atoms with Crippen molar-refractivity contribution in [1.29, 1.82) is 10.5 Å². The predicted molar refractivity (Wildman–Crippen MR) is 123 cm³/mol. The molecule has 1 aliphatic rings. The van der Waals surface area contributed by atoms with Gasteiger partial charge >= 0.3 is 0 Å². The fourth-order valence-electron chi connectivity index (χ4n) is 3.65. The molecule has 7 heteroatoms. The molecular weight excluding hydrogens is 412 g/mol. The Labute approximate surface area is 187 Å². The van der Waals surface area contributed by atoms with Crippen molar-refractivity contribution in [3.63, 3.8) is 0 Å². The highest BCUT2D eigenvalue weighted by Crippen LogP contribution is 2.45. The van der Waals surface area contributed by atoms with Crippen molar-refractivity contribution in [2.24, 2.45) is 0 Å². The van der Waals surface area contributed by atoms with Gasteiger partial charge in [0.25, 0.3) is 0 Å². The lowest BCUT2D eigenvalue weighted by Crippen LogP contribution is -2.08. The highest BCUT2D eigenvalue weighted by atomic mass is 35.5. The van der Waals surface area contributed by atoms with E-state index in [0.717, 1.165) is 22.3 Å². The van der Waals surface area contributed by atoms with E-state index in [1.807, 2.05) is 46.8 Å². The molecule has 1 aliphatic carbocycles. The van der Waals surface area contributed by atoms with E-state index in [1.165, 1.54) is 0 Å². The maximum Gasteiger partial charge on any atom is 0.180 e. The van der Waals surface area contributed by atoms with E-state index in [9.17, 15) is 10.5 Å². The van der Waals surface area contributed by atoms with Crippen molar-refractivity contribution in [3.05, 3.63) is 50.7 Å². The average molecular weight is 435 g/mol. The molecule has 0 aliphatic heterocycles. The molecule has 0 spiro atoms. The molecule has 6 nitrogen and oxygen atoms in total. The summed E-state index contributed by atoms with van der Waals surface area (Å²) >= 11 is 6.52. The highest BCUT2D eigenvalue weighted by Gasteiger charge is 2.29. The Morgan fingerprint density at radius 3 is 2.52 bits per heavy atom. The lowest BCUT2D eigenvalue weighted by molar-refractivity contribution is 0.224. The number of hydrogen-bond acceptors (Lipinski definition) is 6. The minimum Gasteiger partial charge on any atom is -0.490 e. The number of aromatic nitrogens is 1. The summed E-state index contributed by atoms with van der Waals surface area (Å²) in [4.78, 5) is 4.35. The van der Waals surface area contributed by atoms with Gasteiger partial charge in [-0.1, -0.05) is 11.6 Å². The molecule has 31 heavy (non-hydrogen) atoms. The number of nitrogens with zero attached hydrogens (tertiary/aromatic N) is 3. The molecule has 0 fully saturated rings. The number of halogens is 1. The Balaban J connectivity index is 2.25. The van der Waals surface area contributed by atoms with Gasteiger partial charge in [0.2, 0.25) is 0 Å². The van der Waals surface area contributed by atoms with Crippen LogP contribution in [-0.2, 0) is 0 Å². The van der Waals surface area contributed by atoms with Gasteiger partial charge in [-0.05, 0) is 75.1 Å². The third-order valence-corrected chi connectivity index (χ3v) is 5.26. The third kappa shape index (κ3) is 3.95. The van der Waals surface area contributed by atoms with Crippen LogP contribution in [-0.4, -0.2) is 17.7 Å². The molecular formula is C24H23ClN4O2. The first-order chi connectivity index (χ1) is 14.7. The second-order valence-electron chi connectivity index (χ2n) is 7.43. The zero-order valence-corrected chi connectivity index (χ0v) is 18.9. The standard InChI is InChI=1S/C24H23ClN4O2/c1-6-30-20-9-15(8-19(25)23(20)31-12(2)3)7-16-13(4)17(10-26)22-21(16)14(5)18(11-27)24(28)29-22/h7-9,12H,6H2,1-5H3,(H2,28,29)/b16-7-. The normalized spacial score (nSPS) is 13.9. The van der Waals surface area contributed by atoms with Crippen LogP contribution in [0.3, 0.4) is 0 Å². The number of nitriles is 2. The summed E-state index contributed by atoms with van der Waals surface area (Å²) in [6.45, 7) is 9.86. The number of nitrogen functional groups attached to an aromatic ring is 1. The summed E-state index contributed by atoms with van der Waals surface area (Å²) in [5.74, 6) is 1.16. The zero-order chi connectivity index (χ0) is 22.9. The molecule has 2 aromatic rings. The van der Waals surface area contributed by atoms with Crippen molar-refractivity contribution in [2.45, 2.75) is 40.7 Å². The fraction of sp³-hybridized carbons (Fsp3) is 0.292. The summed E-state index contributed by atoms with van der Waals surface area (Å²) in [5, 5.41) is 19.7. The van der Waals surface area contributed by atoms with Gasteiger partial charge < -0.3 is 15.2 Å². The van der Waals surface area contributed by atoms with Crippen LogP contribution in [0.5, 0.6) is 11.5 Å². The monoisotopic (exact) mass is 434 g/mol. The van der Waals surface area contributed by atoms with Crippen LogP contribution in [0.1, 0.15) is 55.6 Å². The molecule has 1 aromatic heterocycles. The Kier molecular flexibility index (Phi) is 6.24. The Hall–Kier alpha value is -3.48. The number of allylic oxidation sites excluding steroid dienone is 3. The number of fused-ring (bicyclic) bond motifs is 1. The Morgan fingerprint density at radius 1 is 1.23 bits per heavy atom. The lowest BCUT2D eigenvalue weighted by Gasteiger charge is -2.17. The molecule has 1 heterocycles. The largest absolute Gasteiger partial charge is 0.490 e. The average Bonchev–Trinajstić information content (AvgIpc) is 2.95. The van der Waals surface area contributed by atoms with Crippen molar-refractivity contribution in [3.8, 4) is 23.6 Å². The first kappa shape index (κ1) is 22.2. The number of rotatable bonds is 5. The smallest absolute Gasteiger partial charge is 0.180 e. The lowest BCUT2D eigenvalue weighted by atomic mass is 9.95. The third-order valence-electron chi connectivity index (χ3n) is 4.98. The van der Waals surface area contributed by atoms with Gasteiger partial charge in [-0.2, -0.15) is 10.5 Å². The van der Waals surface area contributed by atoms with Crippen LogP contribution < -0.4 is 15.2 Å². The fourth-order valence-corrected chi connectivity index (χ4v) is 3.91. The Morgan fingerprint density at radius 2 is 1.94 bits per heavy atom. The number of nitrogens with two attached hydrogens (primary N) is 1. The van der Waals surface area contributed by atoms with E-state index in [2.05, 4.69) is 17.1 Å². The van der Waals surface area contributed by atoms with Gasteiger partial charge in [-0.15, -0.1) is 0 Å². The maximum absolute atomic E-state index is 9.72. The van der Waals surface area contributed by atoms with Gasteiger partial charge in [0.1, 0.15) is 18.0 Å². The van der Waals surface area contributed by atoms with Gasteiger partial charge in [0, 0.05) is 5.56 Å². The number of anilines is 1. The number of benzene rings is 1.